The molecular formula is C23H22N2O4S2. The lowest BCUT2D eigenvalue weighted by Gasteiger charge is -2.20. The summed E-state index contributed by atoms with van der Waals surface area (Å²) in [4.78, 5) is 27.2. The van der Waals surface area contributed by atoms with Gasteiger partial charge in [0.2, 0.25) is 0 Å². The molecule has 1 atom stereocenters. The Balaban J connectivity index is 1.37. The fourth-order valence-electron chi connectivity index (χ4n) is 3.46. The number of aryl methyl sites for hydroxylation is 1. The topological polar surface area (TPSA) is 68.2 Å². The number of hydrogen-bond donors (Lipinski definition) is 0. The Bertz CT molecular complexity index is 1060. The molecule has 0 spiro atoms. The molecule has 1 aliphatic heterocycles. The number of hydrogen-bond acceptors (Lipinski definition) is 7. The van der Waals surface area contributed by atoms with Gasteiger partial charge >= 0.3 is 5.97 Å². The number of methoxy groups -OCH3 is 1. The number of carbonyl (C=O) groups is 2. The van der Waals surface area contributed by atoms with Gasteiger partial charge in [-0.05, 0) is 40.9 Å². The maximum Gasteiger partial charge on any atom is 0.306 e. The summed E-state index contributed by atoms with van der Waals surface area (Å²) in [6, 6.07) is 15.3. The van der Waals surface area contributed by atoms with E-state index in [1.165, 1.54) is 5.01 Å². The molecule has 3 heterocycles. The number of thiophene rings is 2. The van der Waals surface area contributed by atoms with E-state index >= 15 is 0 Å². The standard InChI is InChI=1S/C23H22N2O4S2/c1-28-19-7-3-2-6-16(19)10-11-23(27)29-15-22(26)25-18(21-9-5-13-31-21)14-17(24-25)20-8-4-12-30-20/h2-9,12-13,18H,10-11,14-15H2,1H3. The van der Waals surface area contributed by atoms with Crippen molar-refractivity contribution >= 4 is 40.3 Å². The van der Waals surface area contributed by atoms with Gasteiger partial charge in [0.05, 0.1) is 23.7 Å². The van der Waals surface area contributed by atoms with Gasteiger partial charge in [0.1, 0.15) is 5.75 Å². The predicted octanol–water partition coefficient (Wildman–Crippen LogP) is 4.67. The third kappa shape index (κ3) is 5.03. The van der Waals surface area contributed by atoms with Crippen LogP contribution in [0.4, 0.5) is 0 Å². The van der Waals surface area contributed by atoms with Crippen LogP contribution >= 0.6 is 22.7 Å². The highest BCUT2D eigenvalue weighted by Crippen LogP contribution is 2.35. The van der Waals surface area contributed by atoms with E-state index in [0.29, 0.717) is 12.8 Å². The van der Waals surface area contributed by atoms with Crippen molar-refractivity contribution < 1.29 is 19.1 Å². The van der Waals surface area contributed by atoms with E-state index in [4.69, 9.17) is 9.47 Å². The number of amides is 1. The Kier molecular flexibility index (Phi) is 6.79. The van der Waals surface area contributed by atoms with Gasteiger partial charge in [-0.1, -0.05) is 30.3 Å². The Labute approximate surface area is 188 Å². The first kappa shape index (κ1) is 21.3. The number of hydrazone groups is 1. The lowest BCUT2D eigenvalue weighted by atomic mass is 10.1. The molecule has 1 aliphatic rings. The molecule has 31 heavy (non-hydrogen) atoms. The molecule has 1 unspecified atom stereocenters. The molecule has 4 rings (SSSR count). The molecule has 2 aromatic heterocycles. The zero-order valence-corrected chi connectivity index (χ0v) is 18.7. The summed E-state index contributed by atoms with van der Waals surface area (Å²) in [6.45, 7) is -0.326. The summed E-state index contributed by atoms with van der Waals surface area (Å²) in [5, 5.41) is 10.0. The predicted molar refractivity (Wildman–Crippen MR) is 122 cm³/mol. The van der Waals surface area contributed by atoms with Crippen molar-refractivity contribution in [2.75, 3.05) is 13.7 Å². The van der Waals surface area contributed by atoms with Gasteiger partial charge in [-0.3, -0.25) is 9.59 Å². The number of ether oxygens (including phenoxy) is 2. The molecule has 0 fully saturated rings. The van der Waals surface area contributed by atoms with Crippen LogP contribution in [-0.4, -0.2) is 36.3 Å². The van der Waals surface area contributed by atoms with Crippen molar-refractivity contribution in [3.05, 3.63) is 74.6 Å². The van der Waals surface area contributed by atoms with Crippen LogP contribution in [0.5, 0.6) is 5.75 Å². The monoisotopic (exact) mass is 454 g/mol. The minimum atomic E-state index is -0.423. The quantitative estimate of drug-likeness (QED) is 0.464. The third-order valence-corrected chi connectivity index (χ3v) is 6.88. The fraction of sp³-hybridized carbons (Fsp3) is 0.261. The van der Waals surface area contributed by atoms with Gasteiger partial charge in [0, 0.05) is 17.7 Å². The average molecular weight is 455 g/mol. The van der Waals surface area contributed by atoms with Gasteiger partial charge < -0.3 is 9.47 Å². The molecular weight excluding hydrogens is 432 g/mol. The van der Waals surface area contributed by atoms with Crippen molar-refractivity contribution in [3.63, 3.8) is 0 Å². The lowest BCUT2D eigenvalue weighted by molar-refractivity contribution is -0.152. The van der Waals surface area contributed by atoms with Crippen LogP contribution in [0.2, 0.25) is 0 Å². The summed E-state index contributed by atoms with van der Waals surface area (Å²) < 4.78 is 10.6. The van der Waals surface area contributed by atoms with Crippen LogP contribution in [0.3, 0.4) is 0 Å². The molecule has 1 aromatic carbocycles. The Hall–Kier alpha value is -2.97. The molecule has 0 radical (unpaired) electrons. The molecule has 6 nitrogen and oxygen atoms in total. The van der Waals surface area contributed by atoms with Crippen molar-refractivity contribution in [3.8, 4) is 5.75 Å². The minimum absolute atomic E-state index is 0.170. The van der Waals surface area contributed by atoms with Crippen molar-refractivity contribution in [1.29, 1.82) is 0 Å². The van der Waals surface area contributed by atoms with Crippen molar-refractivity contribution in [2.24, 2.45) is 5.10 Å². The largest absolute Gasteiger partial charge is 0.496 e. The Morgan fingerprint density at radius 2 is 1.90 bits per heavy atom. The molecule has 1 amide bonds. The number of nitrogens with zero attached hydrogens (tertiary/aromatic N) is 2. The smallest absolute Gasteiger partial charge is 0.306 e. The molecule has 0 bridgehead atoms. The maximum atomic E-state index is 12.9. The number of benzene rings is 1. The molecule has 8 heteroatoms. The van der Waals surface area contributed by atoms with Gasteiger partial charge in [0.15, 0.2) is 6.61 Å². The number of para-hydroxylation sites is 1. The van der Waals surface area contributed by atoms with Crippen LogP contribution in [0, 0.1) is 0 Å². The first-order valence-electron chi connectivity index (χ1n) is 9.90. The Morgan fingerprint density at radius 1 is 1.10 bits per heavy atom. The van der Waals surface area contributed by atoms with E-state index in [2.05, 4.69) is 5.10 Å². The van der Waals surface area contributed by atoms with E-state index in [0.717, 1.165) is 26.8 Å². The summed E-state index contributed by atoms with van der Waals surface area (Å²) >= 11 is 3.19. The second-order valence-corrected chi connectivity index (χ2v) is 8.90. The highest BCUT2D eigenvalue weighted by molar-refractivity contribution is 7.12. The highest BCUT2D eigenvalue weighted by atomic mass is 32.1. The highest BCUT2D eigenvalue weighted by Gasteiger charge is 2.34. The van der Waals surface area contributed by atoms with Crippen molar-refractivity contribution in [2.45, 2.75) is 25.3 Å². The van der Waals surface area contributed by atoms with Gasteiger partial charge in [-0.2, -0.15) is 5.10 Å². The van der Waals surface area contributed by atoms with E-state index in [9.17, 15) is 9.59 Å². The van der Waals surface area contributed by atoms with Gasteiger partial charge in [0.25, 0.3) is 5.91 Å². The third-order valence-electron chi connectivity index (χ3n) is 4.99. The average Bonchev–Trinajstić information content (AvgIpc) is 3.56. The summed E-state index contributed by atoms with van der Waals surface area (Å²) in [5.74, 6) is -0.0122. The number of rotatable bonds is 8. The van der Waals surface area contributed by atoms with Crippen LogP contribution in [0.25, 0.3) is 0 Å². The van der Waals surface area contributed by atoms with Gasteiger partial charge in [-0.15, -0.1) is 22.7 Å². The zero-order valence-electron chi connectivity index (χ0n) is 17.0. The van der Waals surface area contributed by atoms with E-state index in [1.807, 2.05) is 59.3 Å². The van der Waals surface area contributed by atoms with Crippen LogP contribution in [0.15, 0.2) is 64.4 Å². The number of carbonyl (C=O) groups excluding carboxylic acids is 2. The minimum Gasteiger partial charge on any atom is -0.496 e. The normalized spacial score (nSPS) is 15.6. The summed E-state index contributed by atoms with van der Waals surface area (Å²) in [5.41, 5.74) is 1.81. The van der Waals surface area contributed by atoms with E-state index < -0.39 is 5.97 Å². The maximum absolute atomic E-state index is 12.9. The zero-order chi connectivity index (χ0) is 21.6. The van der Waals surface area contributed by atoms with Crippen LogP contribution in [0.1, 0.15) is 34.2 Å². The SMILES string of the molecule is COc1ccccc1CCC(=O)OCC(=O)N1N=C(c2cccs2)CC1c1cccs1. The molecule has 0 N–H and O–H groups in total. The summed E-state index contributed by atoms with van der Waals surface area (Å²) in [7, 11) is 1.60. The number of esters is 1. The fourth-order valence-corrected chi connectivity index (χ4v) is 4.99. The summed E-state index contributed by atoms with van der Waals surface area (Å²) in [6.07, 6.45) is 1.31. The van der Waals surface area contributed by atoms with E-state index in [1.54, 1.807) is 29.8 Å². The second-order valence-electron chi connectivity index (χ2n) is 6.97. The van der Waals surface area contributed by atoms with Gasteiger partial charge in [-0.25, -0.2) is 5.01 Å². The van der Waals surface area contributed by atoms with Crippen molar-refractivity contribution in [1.82, 2.24) is 5.01 Å². The van der Waals surface area contributed by atoms with E-state index in [-0.39, 0.29) is 25.0 Å². The Morgan fingerprint density at radius 3 is 2.65 bits per heavy atom. The molecule has 0 saturated carbocycles. The lowest BCUT2D eigenvalue weighted by Crippen LogP contribution is -2.31. The molecule has 0 saturated heterocycles. The molecule has 3 aromatic rings. The molecule has 0 aliphatic carbocycles. The van der Waals surface area contributed by atoms with Crippen LogP contribution in [-0.2, 0) is 20.7 Å². The van der Waals surface area contributed by atoms with Crippen LogP contribution < -0.4 is 4.74 Å². The first-order chi connectivity index (χ1) is 15.2. The second kappa shape index (κ2) is 9.89. The molecule has 160 valence electrons. The first-order valence-corrected chi connectivity index (χ1v) is 11.7.